The van der Waals surface area contributed by atoms with Gasteiger partial charge in [0.25, 0.3) is 0 Å². The van der Waals surface area contributed by atoms with E-state index in [9.17, 15) is 13.2 Å². The molecule has 7 nitrogen and oxygen atoms in total. The third-order valence-electron chi connectivity index (χ3n) is 3.83. The quantitative estimate of drug-likeness (QED) is 0.820. The molecule has 1 aromatic carbocycles. The molecule has 0 saturated carbocycles. The fourth-order valence-corrected chi connectivity index (χ4v) is 3.90. The van der Waals surface area contributed by atoms with E-state index >= 15 is 0 Å². The van der Waals surface area contributed by atoms with Gasteiger partial charge in [0, 0.05) is 39.0 Å². The summed E-state index contributed by atoms with van der Waals surface area (Å²) in [5.74, 6) is -0.279. The first-order chi connectivity index (χ1) is 11.0. The minimum absolute atomic E-state index is 0.0399. The van der Waals surface area contributed by atoms with Crippen LogP contribution >= 0.6 is 0 Å². The number of ether oxygens (including phenoxy) is 1. The smallest absolute Gasteiger partial charge is 0.250 e. The van der Waals surface area contributed by atoms with E-state index in [1.807, 2.05) is 0 Å². The Morgan fingerprint density at radius 3 is 2.30 bits per heavy atom. The lowest BCUT2D eigenvalue weighted by molar-refractivity contribution is -0.119. The zero-order valence-corrected chi connectivity index (χ0v) is 14.3. The number of hydrogen-bond acceptors (Lipinski definition) is 5. The number of sulfonamides is 1. The Kier molecular flexibility index (Phi) is 6.11. The molecule has 23 heavy (non-hydrogen) atoms. The lowest BCUT2D eigenvalue weighted by Crippen LogP contribution is -2.48. The van der Waals surface area contributed by atoms with Gasteiger partial charge < -0.3 is 15.0 Å². The highest BCUT2D eigenvalue weighted by molar-refractivity contribution is 7.89. The van der Waals surface area contributed by atoms with Crippen LogP contribution < -0.4 is 5.32 Å². The van der Waals surface area contributed by atoms with Gasteiger partial charge in [-0.1, -0.05) is 6.92 Å². The third-order valence-corrected chi connectivity index (χ3v) is 5.74. The summed E-state index contributed by atoms with van der Waals surface area (Å²) < 4.78 is 31.5. The molecule has 1 heterocycles. The van der Waals surface area contributed by atoms with E-state index < -0.39 is 10.0 Å². The van der Waals surface area contributed by atoms with Crippen molar-refractivity contribution in [3.05, 3.63) is 24.3 Å². The number of methoxy groups -OCH3 is 1. The van der Waals surface area contributed by atoms with E-state index in [1.54, 1.807) is 12.1 Å². The van der Waals surface area contributed by atoms with Crippen LogP contribution in [-0.2, 0) is 19.6 Å². The monoisotopic (exact) mass is 341 g/mol. The average molecular weight is 341 g/mol. The van der Waals surface area contributed by atoms with Crippen LogP contribution in [-0.4, -0.2) is 70.0 Å². The number of nitrogens with zero attached hydrogens (tertiary/aromatic N) is 2. The second-order valence-corrected chi connectivity index (χ2v) is 7.28. The van der Waals surface area contributed by atoms with Gasteiger partial charge in [-0.3, -0.25) is 4.79 Å². The largest absolute Gasteiger partial charge is 0.375 e. The molecule has 1 saturated heterocycles. The molecule has 2 rings (SSSR count). The molecule has 1 aromatic rings. The summed E-state index contributed by atoms with van der Waals surface area (Å²) in [5, 5.41) is 2.64. The van der Waals surface area contributed by atoms with Crippen molar-refractivity contribution in [1.29, 1.82) is 0 Å². The van der Waals surface area contributed by atoms with E-state index in [2.05, 4.69) is 17.1 Å². The molecule has 1 amide bonds. The lowest BCUT2D eigenvalue weighted by atomic mass is 10.3. The van der Waals surface area contributed by atoms with Crippen molar-refractivity contribution in [1.82, 2.24) is 9.21 Å². The van der Waals surface area contributed by atoms with E-state index in [4.69, 9.17) is 4.74 Å². The zero-order chi connectivity index (χ0) is 16.9. The van der Waals surface area contributed by atoms with Crippen LogP contribution in [0.15, 0.2) is 29.2 Å². The summed E-state index contributed by atoms with van der Waals surface area (Å²) in [4.78, 5) is 13.9. The molecule has 8 heteroatoms. The summed E-state index contributed by atoms with van der Waals surface area (Å²) in [6.45, 7) is 5.47. The van der Waals surface area contributed by atoms with Gasteiger partial charge >= 0.3 is 0 Å². The highest BCUT2D eigenvalue weighted by Crippen LogP contribution is 2.19. The Morgan fingerprint density at radius 2 is 1.78 bits per heavy atom. The van der Waals surface area contributed by atoms with Gasteiger partial charge in [-0.2, -0.15) is 4.31 Å². The van der Waals surface area contributed by atoms with Gasteiger partial charge in [0.15, 0.2) is 0 Å². The van der Waals surface area contributed by atoms with Crippen LogP contribution in [0.25, 0.3) is 0 Å². The van der Waals surface area contributed by atoms with Crippen LogP contribution in [0.5, 0.6) is 0 Å². The molecule has 0 aliphatic carbocycles. The molecule has 0 bridgehead atoms. The molecule has 0 unspecified atom stereocenters. The molecule has 1 fully saturated rings. The highest BCUT2D eigenvalue weighted by atomic mass is 32.2. The van der Waals surface area contributed by atoms with Gasteiger partial charge in [-0.05, 0) is 30.8 Å². The summed E-state index contributed by atoms with van der Waals surface area (Å²) >= 11 is 0. The van der Waals surface area contributed by atoms with Crippen molar-refractivity contribution in [2.45, 2.75) is 11.8 Å². The van der Waals surface area contributed by atoms with Crippen LogP contribution in [0, 0.1) is 0 Å². The minimum Gasteiger partial charge on any atom is -0.375 e. The molecule has 1 aliphatic heterocycles. The van der Waals surface area contributed by atoms with Crippen LogP contribution in [0.4, 0.5) is 5.69 Å². The normalized spacial score (nSPS) is 17.1. The van der Waals surface area contributed by atoms with Gasteiger partial charge in [0.05, 0.1) is 4.90 Å². The standard InChI is InChI=1S/C15H23N3O4S/c1-3-17-8-10-18(11-9-17)23(20,21)14-6-4-13(5-7-14)16-15(19)12-22-2/h4-7H,3,8-12H2,1-2H3,(H,16,19). The van der Waals surface area contributed by atoms with Crippen LogP contribution in [0.3, 0.4) is 0 Å². The topological polar surface area (TPSA) is 79.0 Å². The Hall–Kier alpha value is -1.48. The summed E-state index contributed by atoms with van der Waals surface area (Å²) in [7, 11) is -2.04. The summed E-state index contributed by atoms with van der Waals surface area (Å²) in [6, 6.07) is 6.21. The zero-order valence-electron chi connectivity index (χ0n) is 13.5. The second kappa shape index (κ2) is 7.87. The predicted molar refractivity (Wildman–Crippen MR) is 87.8 cm³/mol. The molecule has 0 radical (unpaired) electrons. The Balaban J connectivity index is 2.04. The first-order valence-corrected chi connectivity index (χ1v) is 9.02. The molecule has 0 aromatic heterocycles. The van der Waals surface area contributed by atoms with E-state index in [0.29, 0.717) is 18.8 Å². The average Bonchev–Trinajstić information content (AvgIpc) is 2.55. The maximum Gasteiger partial charge on any atom is 0.250 e. The first-order valence-electron chi connectivity index (χ1n) is 7.58. The molecule has 1 aliphatic rings. The summed E-state index contributed by atoms with van der Waals surface area (Å²) in [6.07, 6.45) is 0. The molecular weight excluding hydrogens is 318 g/mol. The molecule has 128 valence electrons. The number of carbonyl (C=O) groups excluding carboxylic acids is 1. The third kappa shape index (κ3) is 4.51. The number of benzene rings is 1. The summed E-state index contributed by atoms with van der Waals surface area (Å²) in [5.41, 5.74) is 0.543. The fraction of sp³-hybridized carbons (Fsp3) is 0.533. The lowest BCUT2D eigenvalue weighted by Gasteiger charge is -2.33. The number of piperazine rings is 1. The van der Waals surface area contributed by atoms with Gasteiger partial charge in [-0.25, -0.2) is 8.42 Å². The Labute approximate surface area is 137 Å². The molecule has 0 atom stereocenters. The van der Waals surface area contributed by atoms with Crippen molar-refractivity contribution in [2.24, 2.45) is 0 Å². The molecular formula is C15H23N3O4S. The van der Waals surface area contributed by atoms with Crippen molar-refractivity contribution in [2.75, 3.05) is 51.8 Å². The van der Waals surface area contributed by atoms with Gasteiger partial charge in [-0.15, -0.1) is 0 Å². The van der Waals surface area contributed by atoms with Crippen molar-refractivity contribution >= 4 is 21.6 Å². The number of rotatable bonds is 6. The van der Waals surface area contributed by atoms with Crippen LogP contribution in [0.1, 0.15) is 6.92 Å². The number of nitrogens with one attached hydrogen (secondary N) is 1. The van der Waals surface area contributed by atoms with Crippen molar-refractivity contribution < 1.29 is 17.9 Å². The Bertz CT molecular complexity index is 623. The van der Waals surface area contributed by atoms with E-state index in [-0.39, 0.29) is 17.4 Å². The van der Waals surface area contributed by atoms with E-state index in [0.717, 1.165) is 19.6 Å². The number of amides is 1. The van der Waals surface area contributed by atoms with Crippen molar-refractivity contribution in [3.63, 3.8) is 0 Å². The number of carbonyl (C=O) groups is 1. The van der Waals surface area contributed by atoms with Crippen molar-refractivity contribution in [3.8, 4) is 0 Å². The highest BCUT2D eigenvalue weighted by Gasteiger charge is 2.27. The predicted octanol–water partition coefficient (Wildman–Crippen LogP) is 0.598. The van der Waals surface area contributed by atoms with Gasteiger partial charge in [0.1, 0.15) is 6.61 Å². The number of anilines is 1. The molecule has 0 spiro atoms. The Morgan fingerprint density at radius 1 is 1.17 bits per heavy atom. The van der Waals surface area contributed by atoms with E-state index in [1.165, 1.54) is 23.5 Å². The number of likely N-dealkylation sites (N-methyl/N-ethyl adjacent to an activating group) is 1. The maximum absolute atomic E-state index is 12.6. The minimum atomic E-state index is -3.48. The molecule has 1 N–H and O–H groups in total. The maximum atomic E-state index is 12.6. The SMILES string of the molecule is CCN1CCN(S(=O)(=O)c2ccc(NC(=O)COC)cc2)CC1. The van der Waals surface area contributed by atoms with Gasteiger partial charge in [0.2, 0.25) is 15.9 Å². The van der Waals surface area contributed by atoms with Crippen LogP contribution in [0.2, 0.25) is 0 Å². The second-order valence-electron chi connectivity index (χ2n) is 5.34. The number of hydrogen-bond donors (Lipinski definition) is 1. The first kappa shape index (κ1) is 17.9. The fourth-order valence-electron chi connectivity index (χ4n) is 2.47.